The molecule has 0 aromatic heterocycles. The Morgan fingerprint density at radius 1 is 0.896 bits per heavy atom. The predicted molar refractivity (Wildman–Crippen MR) is 184 cm³/mol. The lowest BCUT2D eigenvalue weighted by molar-refractivity contribution is -0.140. The van der Waals surface area contributed by atoms with Gasteiger partial charge in [-0.2, -0.15) is 0 Å². The van der Waals surface area contributed by atoms with Gasteiger partial charge in [0, 0.05) is 31.1 Å². The Hall–Kier alpha value is -4.90. The Bertz CT molecular complexity index is 1780. The summed E-state index contributed by atoms with van der Waals surface area (Å²) in [7, 11) is -1.55. The Labute approximate surface area is 282 Å². The van der Waals surface area contributed by atoms with Crippen molar-refractivity contribution in [2.45, 2.75) is 50.6 Å². The van der Waals surface area contributed by atoms with Crippen molar-refractivity contribution in [3.8, 4) is 11.5 Å². The van der Waals surface area contributed by atoms with E-state index >= 15 is 4.39 Å². The predicted octanol–water partition coefficient (Wildman–Crippen LogP) is 5.90. The third-order valence-corrected chi connectivity index (χ3v) is 9.72. The zero-order valence-electron chi connectivity index (χ0n) is 27.7. The topological polar surface area (TPSA) is 105 Å². The maximum Gasteiger partial charge on any atom is 0.264 e. The summed E-state index contributed by atoms with van der Waals surface area (Å²) in [6.45, 7) is 3.22. The summed E-state index contributed by atoms with van der Waals surface area (Å²) in [5.74, 6) is -1.19. The third-order valence-electron chi connectivity index (χ3n) is 7.94. The van der Waals surface area contributed by atoms with Gasteiger partial charge in [-0.25, -0.2) is 12.8 Å². The van der Waals surface area contributed by atoms with Gasteiger partial charge in [-0.1, -0.05) is 79.6 Å². The molecule has 0 saturated carbocycles. The standard InChI is InChI=1S/C37H42FN3O6S/c1-5-6-22-39-37(43)34(23-28-12-8-7-9-13-28)40(25-29-14-10-11-15-32(29)38)36(42)26-41(33-24-30(46-3)18-21-35(33)47-4)48(44,45)31-19-16-27(2)17-20-31/h7-21,24,34H,5-6,22-23,25-26H2,1-4H3,(H,39,43)/t34-/m0/s1. The Morgan fingerprint density at radius 3 is 2.23 bits per heavy atom. The van der Waals surface area contributed by atoms with E-state index in [0.29, 0.717) is 12.3 Å². The summed E-state index contributed by atoms with van der Waals surface area (Å²) in [6.07, 6.45) is 1.69. The van der Waals surface area contributed by atoms with Crippen molar-refractivity contribution in [2.24, 2.45) is 0 Å². The second-order valence-corrected chi connectivity index (χ2v) is 13.2. The van der Waals surface area contributed by atoms with Crippen LogP contribution in [0.25, 0.3) is 0 Å². The molecule has 4 aromatic carbocycles. The van der Waals surface area contributed by atoms with E-state index in [2.05, 4.69) is 5.32 Å². The van der Waals surface area contributed by atoms with E-state index in [-0.39, 0.29) is 34.9 Å². The lowest BCUT2D eigenvalue weighted by Gasteiger charge is -2.34. The Morgan fingerprint density at radius 2 is 1.58 bits per heavy atom. The number of aryl methyl sites for hydroxylation is 1. The zero-order valence-corrected chi connectivity index (χ0v) is 28.5. The highest BCUT2D eigenvalue weighted by atomic mass is 32.2. The van der Waals surface area contributed by atoms with Crippen LogP contribution in [0.3, 0.4) is 0 Å². The highest BCUT2D eigenvalue weighted by Gasteiger charge is 2.36. The summed E-state index contributed by atoms with van der Waals surface area (Å²) in [4.78, 5) is 29.7. The molecule has 0 saturated heterocycles. The van der Waals surface area contributed by atoms with Crippen LogP contribution in [0, 0.1) is 12.7 Å². The molecule has 254 valence electrons. The van der Waals surface area contributed by atoms with Gasteiger partial charge in [0.25, 0.3) is 10.0 Å². The van der Waals surface area contributed by atoms with E-state index in [4.69, 9.17) is 9.47 Å². The summed E-state index contributed by atoms with van der Waals surface area (Å²) in [5, 5.41) is 2.92. The van der Waals surface area contributed by atoms with E-state index in [1.807, 2.05) is 44.2 Å². The average Bonchev–Trinajstić information content (AvgIpc) is 3.09. The van der Waals surface area contributed by atoms with Gasteiger partial charge < -0.3 is 19.7 Å². The lowest BCUT2D eigenvalue weighted by atomic mass is 10.0. The summed E-state index contributed by atoms with van der Waals surface area (Å²) >= 11 is 0. The lowest BCUT2D eigenvalue weighted by Crippen LogP contribution is -2.53. The number of unbranched alkanes of at least 4 members (excludes halogenated alkanes) is 1. The number of benzene rings is 4. The maximum atomic E-state index is 15.1. The summed E-state index contributed by atoms with van der Waals surface area (Å²) < 4.78 is 55.8. The van der Waals surface area contributed by atoms with E-state index in [9.17, 15) is 18.0 Å². The number of nitrogens with one attached hydrogen (secondary N) is 1. The molecule has 1 atom stereocenters. The van der Waals surface area contributed by atoms with Crippen molar-refractivity contribution in [3.05, 3.63) is 120 Å². The maximum absolute atomic E-state index is 15.1. The summed E-state index contributed by atoms with van der Waals surface area (Å²) in [5.41, 5.74) is 1.86. The van der Waals surface area contributed by atoms with Crippen molar-refractivity contribution in [1.29, 1.82) is 0 Å². The number of nitrogens with zero attached hydrogens (tertiary/aromatic N) is 2. The molecular weight excluding hydrogens is 633 g/mol. The molecule has 4 rings (SSSR count). The fourth-order valence-corrected chi connectivity index (χ4v) is 6.63. The van der Waals surface area contributed by atoms with Crippen LogP contribution >= 0.6 is 0 Å². The zero-order chi connectivity index (χ0) is 34.7. The number of sulfonamides is 1. The van der Waals surface area contributed by atoms with Gasteiger partial charge in [-0.05, 0) is 49.2 Å². The van der Waals surface area contributed by atoms with Crippen LogP contribution in [0.5, 0.6) is 11.5 Å². The molecule has 0 radical (unpaired) electrons. The number of halogens is 1. The van der Waals surface area contributed by atoms with Crippen molar-refractivity contribution in [1.82, 2.24) is 10.2 Å². The molecule has 0 unspecified atom stereocenters. The molecule has 1 N–H and O–H groups in total. The molecule has 9 nitrogen and oxygen atoms in total. The Kier molecular flexibility index (Phi) is 12.6. The van der Waals surface area contributed by atoms with Gasteiger partial charge in [0.05, 0.1) is 24.8 Å². The van der Waals surface area contributed by atoms with Gasteiger partial charge >= 0.3 is 0 Å². The number of ether oxygens (including phenoxy) is 2. The van der Waals surface area contributed by atoms with Gasteiger partial charge in [-0.15, -0.1) is 0 Å². The normalized spacial score (nSPS) is 11.8. The minimum Gasteiger partial charge on any atom is -0.497 e. The van der Waals surface area contributed by atoms with E-state index < -0.39 is 40.2 Å². The van der Waals surface area contributed by atoms with Crippen LogP contribution in [-0.4, -0.2) is 58.5 Å². The minimum absolute atomic E-state index is 0.0513. The molecule has 0 aliphatic rings. The van der Waals surface area contributed by atoms with Gasteiger partial charge in [-0.3, -0.25) is 13.9 Å². The van der Waals surface area contributed by atoms with E-state index in [1.54, 1.807) is 30.3 Å². The van der Waals surface area contributed by atoms with Crippen LogP contribution in [0.1, 0.15) is 36.5 Å². The largest absolute Gasteiger partial charge is 0.497 e. The monoisotopic (exact) mass is 675 g/mol. The average molecular weight is 676 g/mol. The number of rotatable bonds is 16. The first kappa shape index (κ1) is 35.9. The van der Waals surface area contributed by atoms with E-state index in [0.717, 1.165) is 28.3 Å². The fourth-order valence-electron chi connectivity index (χ4n) is 5.21. The van der Waals surface area contributed by atoms with Crippen molar-refractivity contribution in [3.63, 3.8) is 0 Å². The SMILES string of the molecule is CCCCNC(=O)[C@H](Cc1ccccc1)N(Cc1ccccc1F)C(=O)CN(c1cc(OC)ccc1OC)S(=O)(=O)c1ccc(C)cc1. The van der Waals surface area contributed by atoms with Crippen molar-refractivity contribution in [2.75, 3.05) is 31.6 Å². The highest BCUT2D eigenvalue weighted by molar-refractivity contribution is 7.92. The number of anilines is 1. The molecule has 2 amide bonds. The number of carbonyl (C=O) groups excluding carboxylic acids is 2. The molecular formula is C37H42FN3O6S. The molecule has 48 heavy (non-hydrogen) atoms. The molecule has 0 aliphatic heterocycles. The quantitative estimate of drug-likeness (QED) is 0.148. The van der Waals surface area contributed by atoms with Crippen molar-refractivity contribution >= 4 is 27.5 Å². The number of hydrogen-bond donors (Lipinski definition) is 1. The van der Waals surface area contributed by atoms with Gasteiger partial charge in [0.2, 0.25) is 11.8 Å². The van der Waals surface area contributed by atoms with Crippen LogP contribution in [0.4, 0.5) is 10.1 Å². The fraction of sp³-hybridized carbons (Fsp3) is 0.297. The molecule has 0 fully saturated rings. The van der Waals surface area contributed by atoms with E-state index in [1.165, 1.54) is 55.5 Å². The Balaban J connectivity index is 1.86. The number of methoxy groups -OCH3 is 2. The molecule has 4 aromatic rings. The number of carbonyl (C=O) groups is 2. The van der Waals surface area contributed by atoms with Crippen molar-refractivity contribution < 1.29 is 31.9 Å². The first-order valence-corrected chi connectivity index (χ1v) is 17.2. The highest BCUT2D eigenvalue weighted by Crippen LogP contribution is 2.36. The van der Waals surface area contributed by atoms with Crippen LogP contribution in [0.15, 0.2) is 102 Å². The molecule has 0 spiro atoms. The second kappa shape index (κ2) is 16.8. The van der Waals surface area contributed by atoms with Crippen LogP contribution < -0.4 is 19.1 Å². The minimum atomic E-state index is -4.38. The van der Waals surface area contributed by atoms with Crippen LogP contribution in [0.2, 0.25) is 0 Å². The first-order valence-electron chi connectivity index (χ1n) is 15.7. The first-order chi connectivity index (χ1) is 23.1. The summed E-state index contributed by atoms with van der Waals surface area (Å²) in [6, 6.07) is 25.0. The smallest absolute Gasteiger partial charge is 0.264 e. The van der Waals surface area contributed by atoms with Crippen LogP contribution in [-0.2, 0) is 32.6 Å². The van der Waals surface area contributed by atoms with Gasteiger partial charge in [0.1, 0.15) is 29.9 Å². The second-order valence-electron chi connectivity index (χ2n) is 11.3. The molecule has 0 heterocycles. The third kappa shape index (κ3) is 8.92. The van der Waals surface area contributed by atoms with Gasteiger partial charge in [0.15, 0.2) is 0 Å². The molecule has 0 bridgehead atoms. The molecule has 11 heteroatoms. The molecule has 0 aliphatic carbocycles. The number of hydrogen-bond acceptors (Lipinski definition) is 6. The number of amides is 2.